The van der Waals surface area contributed by atoms with E-state index in [2.05, 4.69) is 75.4 Å². The van der Waals surface area contributed by atoms with Gasteiger partial charge in [0.15, 0.2) is 0 Å². The molecule has 1 aliphatic rings. The summed E-state index contributed by atoms with van der Waals surface area (Å²) in [6.45, 7) is 6.90. The number of hydrogen-bond donors (Lipinski definition) is 0. The summed E-state index contributed by atoms with van der Waals surface area (Å²) in [7, 11) is 0. The molecule has 1 nitrogen and oxygen atoms in total. The van der Waals surface area contributed by atoms with Gasteiger partial charge in [0.1, 0.15) is 0 Å². The van der Waals surface area contributed by atoms with E-state index < -0.39 is 0 Å². The lowest BCUT2D eigenvalue weighted by Gasteiger charge is -2.22. The largest absolute Gasteiger partial charge is 0.255 e. The summed E-state index contributed by atoms with van der Waals surface area (Å²) < 4.78 is 2.70. The molecule has 3 heterocycles. The van der Waals surface area contributed by atoms with Crippen LogP contribution in [0.2, 0.25) is 0 Å². The van der Waals surface area contributed by atoms with Crippen LogP contribution in [0.25, 0.3) is 42.2 Å². The number of pyridine rings is 1. The highest BCUT2D eigenvalue weighted by Gasteiger charge is 2.22. The van der Waals surface area contributed by atoms with E-state index in [0.29, 0.717) is 0 Å². The summed E-state index contributed by atoms with van der Waals surface area (Å²) in [6.07, 6.45) is 3.17. The van der Waals surface area contributed by atoms with E-state index in [9.17, 15) is 0 Å². The van der Waals surface area contributed by atoms with E-state index in [4.69, 9.17) is 4.98 Å². The van der Waals surface area contributed by atoms with E-state index in [0.717, 1.165) is 5.69 Å². The predicted molar refractivity (Wildman–Crippen MR) is 133 cm³/mol. The molecule has 3 heteroatoms. The molecule has 0 bridgehead atoms. The number of benzene rings is 3. The van der Waals surface area contributed by atoms with Crippen molar-refractivity contribution in [2.45, 2.75) is 37.5 Å². The van der Waals surface area contributed by atoms with Crippen molar-refractivity contribution in [3.8, 4) is 11.3 Å². The van der Waals surface area contributed by atoms with Crippen LogP contribution in [0.5, 0.6) is 0 Å². The summed E-state index contributed by atoms with van der Waals surface area (Å²) in [5.41, 5.74) is 5.33. The zero-order chi connectivity index (χ0) is 20.5. The topological polar surface area (TPSA) is 12.9 Å². The molecule has 0 saturated heterocycles. The van der Waals surface area contributed by atoms with Crippen molar-refractivity contribution in [3.63, 3.8) is 0 Å². The van der Waals surface area contributed by atoms with Crippen molar-refractivity contribution in [2.24, 2.45) is 0 Å². The van der Waals surface area contributed by atoms with Gasteiger partial charge in [-0.2, -0.15) is 0 Å². The number of aromatic nitrogens is 1. The van der Waals surface area contributed by atoms with Crippen LogP contribution >= 0.6 is 23.1 Å². The van der Waals surface area contributed by atoms with Crippen LogP contribution in [0.1, 0.15) is 31.9 Å². The normalized spacial score (nSPS) is 14.1. The Balaban J connectivity index is 1.68. The van der Waals surface area contributed by atoms with E-state index in [-0.39, 0.29) is 5.41 Å². The van der Waals surface area contributed by atoms with Gasteiger partial charge in [0.05, 0.1) is 10.4 Å². The molecule has 0 saturated carbocycles. The third kappa shape index (κ3) is 2.72. The number of rotatable bonds is 1. The standard InChI is InChI=1S/C27H23NS2/c1-27(2,3)21-15-17(14-16-6-4-5-7-18(16)21)25-26-20(10-12-28-25)24-19-11-13-29-22(19)8-9-23(24)30-26/h4-10,12,14-15H,11,13H2,1-3H3. The first-order chi connectivity index (χ1) is 14.5. The summed E-state index contributed by atoms with van der Waals surface area (Å²) in [4.78, 5) is 6.36. The van der Waals surface area contributed by atoms with Crippen molar-refractivity contribution >= 4 is 54.0 Å². The first kappa shape index (κ1) is 18.4. The average molecular weight is 426 g/mol. The summed E-state index contributed by atoms with van der Waals surface area (Å²) in [5, 5.41) is 5.45. The fourth-order valence-electron chi connectivity index (χ4n) is 4.77. The van der Waals surface area contributed by atoms with Gasteiger partial charge < -0.3 is 0 Å². The Hall–Kier alpha value is -2.36. The second-order valence-corrected chi connectivity index (χ2v) is 11.3. The first-order valence-electron chi connectivity index (χ1n) is 10.5. The van der Waals surface area contributed by atoms with E-state index in [1.807, 2.05) is 29.3 Å². The third-order valence-corrected chi connectivity index (χ3v) is 8.45. The van der Waals surface area contributed by atoms with Crippen LogP contribution in [-0.4, -0.2) is 10.7 Å². The maximum absolute atomic E-state index is 4.90. The van der Waals surface area contributed by atoms with Gasteiger partial charge >= 0.3 is 0 Å². The number of nitrogens with zero attached hydrogens (tertiary/aromatic N) is 1. The van der Waals surface area contributed by atoms with Crippen LogP contribution in [0.15, 0.2) is 65.7 Å². The highest BCUT2D eigenvalue weighted by molar-refractivity contribution is 7.99. The maximum Gasteiger partial charge on any atom is 0.0880 e. The van der Waals surface area contributed by atoms with Gasteiger partial charge in [-0.1, -0.05) is 45.0 Å². The van der Waals surface area contributed by atoms with Crippen LogP contribution in [-0.2, 0) is 11.8 Å². The molecule has 3 aromatic carbocycles. The minimum Gasteiger partial charge on any atom is -0.255 e. The van der Waals surface area contributed by atoms with Crippen molar-refractivity contribution in [3.05, 3.63) is 71.9 Å². The SMILES string of the molecule is CC(C)(C)c1cc(-c2nccc3c2sc2ccc4c(c23)CCS4)cc2ccccc12. The minimum absolute atomic E-state index is 0.0711. The molecule has 0 spiro atoms. The van der Waals surface area contributed by atoms with Crippen molar-refractivity contribution in [1.82, 2.24) is 4.98 Å². The summed E-state index contributed by atoms with van der Waals surface area (Å²) in [5.74, 6) is 1.20. The van der Waals surface area contributed by atoms with Gasteiger partial charge in [0.25, 0.3) is 0 Å². The zero-order valence-corrected chi connectivity index (χ0v) is 19.1. The second-order valence-electron chi connectivity index (χ2n) is 9.15. The molecule has 0 radical (unpaired) electrons. The lowest BCUT2D eigenvalue weighted by molar-refractivity contribution is 0.596. The molecular weight excluding hydrogens is 402 g/mol. The smallest absolute Gasteiger partial charge is 0.0880 e. The second kappa shape index (κ2) is 6.57. The maximum atomic E-state index is 4.90. The lowest BCUT2D eigenvalue weighted by Crippen LogP contribution is -2.12. The first-order valence-corrected chi connectivity index (χ1v) is 12.3. The van der Waals surface area contributed by atoms with Gasteiger partial charge in [-0.3, -0.25) is 4.98 Å². The lowest BCUT2D eigenvalue weighted by atomic mass is 9.82. The molecule has 5 aromatic rings. The number of thioether (sulfide) groups is 1. The number of thiophene rings is 1. The molecule has 0 fully saturated rings. The summed E-state index contributed by atoms with van der Waals surface area (Å²) >= 11 is 3.89. The molecule has 148 valence electrons. The van der Waals surface area contributed by atoms with E-state index in [1.165, 1.54) is 64.7 Å². The molecule has 0 amide bonds. The van der Waals surface area contributed by atoms with Crippen LogP contribution in [0, 0.1) is 0 Å². The minimum atomic E-state index is 0.0711. The Morgan fingerprint density at radius 2 is 1.80 bits per heavy atom. The van der Waals surface area contributed by atoms with Gasteiger partial charge in [-0.15, -0.1) is 23.1 Å². The number of aryl methyl sites for hydroxylation is 1. The van der Waals surface area contributed by atoms with E-state index >= 15 is 0 Å². The number of hydrogen-bond acceptors (Lipinski definition) is 3. The van der Waals surface area contributed by atoms with Crippen LogP contribution in [0.3, 0.4) is 0 Å². The quantitative estimate of drug-likeness (QED) is 0.268. The molecular formula is C27H23NS2. The highest BCUT2D eigenvalue weighted by Crippen LogP contribution is 2.46. The molecule has 2 aromatic heterocycles. The average Bonchev–Trinajstić information content (AvgIpc) is 3.35. The molecule has 6 rings (SSSR count). The fourth-order valence-corrected chi connectivity index (χ4v) is 7.07. The Kier molecular flexibility index (Phi) is 4.03. The molecule has 0 N–H and O–H groups in total. The predicted octanol–water partition coefficient (Wildman–Crippen LogP) is 8.22. The molecule has 0 aliphatic carbocycles. The molecule has 0 atom stereocenters. The van der Waals surface area contributed by atoms with Gasteiger partial charge in [-0.25, -0.2) is 0 Å². The van der Waals surface area contributed by atoms with Crippen LogP contribution < -0.4 is 0 Å². The Bertz CT molecular complexity index is 1450. The highest BCUT2D eigenvalue weighted by atomic mass is 32.2. The fraction of sp³-hybridized carbons (Fsp3) is 0.222. The van der Waals surface area contributed by atoms with Gasteiger partial charge in [0, 0.05) is 37.9 Å². The molecule has 1 aliphatic heterocycles. The third-order valence-electron chi connectivity index (χ3n) is 6.17. The van der Waals surface area contributed by atoms with Gasteiger partial charge in [-0.05, 0) is 64.1 Å². The molecule has 30 heavy (non-hydrogen) atoms. The Morgan fingerprint density at radius 3 is 2.67 bits per heavy atom. The van der Waals surface area contributed by atoms with Crippen molar-refractivity contribution < 1.29 is 0 Å². The molecule has 0 unspecified atom stereocenters. The van der Waals surface area contributed by atoms with Crippen LogP contribution in [0.4, 0.5) is 0 Å². The van der Waals surface area contributed by atoms with Gasteiger partial charge in [0.2, 0.25) is 0 Å². The van der Waals surface area contributed by atoms with E-state index in [1.54, 1.807) is 0 Å². The number of fused-ring (bicyclic) bond motifs is 6. The zero-order valence-electron chi connectivity index (χ0n) is 17.5. The van der Waals surface area contributed by atoms with Crippen molar-refractivity contribution in [2.75, 3.05) is 5.75 Å². The summed E-state index contributed by atoms with van der Waals surface area (Å²) in [6, 6.07) is 20.3. The Morgan fingerprint density at radius 1 is 0.933 bits per heavy atom. The monoisotopic (exact) mass is 425 g/mol. The van der Waals surface area contributed by atoms with Crippen molar-refractivity contribution in [1.29, 1.82) is 0 Å². The Labute approximate surface area is 185 Å².